The predicted molar refractivity (Wildman–Crippen MR) is 238 cm³/mol. The van der Waals surface area contributed by atoms with Gasteiger partial charge in [0.15, 0.2) is 0 Å². The van der Waals surface area contributed by atoms with E-state index in [2.05, 4.69) is 197 Å². The van der Waals surface area contributed by atoms with Crippen LogP contribution in [0.4, 0.5) is 11.4 Å². The number of anilines is 2. The molecule has 11 rings (SSSR count). The maximum absolute atomic E-state index is 4.39. The standard InChI is InChI=1S/C53H41N3/c1-3-48-51(56-50-25-11-9-21-47(50)52-46-20-8-10-24-49(46)55(48)53(52)56)34-35(2)54(40-30-26-38(27-31-40)44-22-12-16-36-14-4-6-18-42(36)44)41-32-28-39(29-33-41)45-23-13-17-37-15-5-7-19-43(37)45/h3-7,9-19,21-22,24-34,45H,1,8,20,23H2,2H3/b35-34+. The van der Waals surface area contributed by atoms with Gasteiger partial charge in [0.25, 0.3) is 0 Å². The molecule has 3 heteroatoms. The van der Waals surface area contributed by atoms with E-state index in [9.17, 15) is 0 Å². The number of hydrogen-bond acceptors (Lipinski definition) is 1. The van der Waals surface area contributed by atoms with E-state index in [1.54, 1.807) is 0 Å². The molecule has 1 atom stereocenters. The van der Waals surface area contributed by atoms with Gasteiger partial charge in [-0.3, -0.25) is 8.80 Å². The first kappa shape index (κ1) is 32.6. The summed E-state index contributed by atoms with van der Waals surface area (Å²) in [5.41, 5.74) is 17.3. The second kappa shape index (κ2) is 12.9. The highest BCUT2D eigenvalue weighted by molar-refractivity contribution is 6.12. The number of nitrogens with zero attached hydrogens (tertiary/aromatic N) is 3. The fraction of sp³-hybridized carbons (Fsp3) is 0.0943. The van der Waals surface area contributed by atoms with E-state index in [0.717, 1.165) is 47.7 Å². The zero-order valence-corrected chi connectivity index (χ0v) is 31.5. The van der Waals surface area contributed by atoms with E-state index < -0.39 is 0 Å². The summed E-state index contributed by atoms with van der Waals surface area (Å²) in [7, 11) is 0. The molecule has 1 unspecified atom stereocenters. The van der Waals surface area contributed by atoms with E-state index in [1.165, 1.54) is 71.8 Å². The topological polar surface area (TPSA) is 12.1 Å². The number of hydrogen-bond donors (Lipinski definition) is 0. The van der Waals surface area contributed by atoms with E-state index >= 15 is 0 Å². The molecule has 0 spiro atoms. The summed E-state index contributed by atoms with van der Waals surface area (Å²) in [4.78, 5) is 2.41. The lowest BCUT2D eigenvalue weighted by Crippen LogP contribution is -2.15. The minimum absolute atomic E-state index is 0.341. The number of imidazole rings is 1. The Morgan fingerprint density at radius 3 is 2.27 bits per heavy atom. The van der Waals surface area contributed by atoms with Crippen LogP contribution in [0.2, 0.25) is 0 Å². The van der Waals surface area contributed by atoms with Gasteiger partial charge in [0.05, 0.1) is 22.6 Å². The van der Waals surface area contributed by atoms with Crippen molar-refractivity contribution in [2.45, 2.75) is 32.1 Å². The number of rotatable bonds is 7. The predicted octanol–water partition coefficient (Wildman–Crippen LogP) is 14.0. The van der Waals surface area contributed by atoms with Crippen LogP contribution in [0.25, 0.3) is 68.1 Å². The minimum atomic E-state index is 0.341. The van der Waals surface area contributed by atoms with Gasteiger partial charge in [-0.25, -0.2) is 0 Å². The van der Waals surface area contributed by atoms with Crippen LogP contribution in [0.3, 0.4) is 0 Å². The summed E-state index contributed by atoms with van der Waals surface area (Å²) in [6, 6.07) is 51.3. The molecule has 268 valence electrons. The molecular weight excluding hydrogens is 679 g/mol. The molecule has 3 nitrogen and oxygen atoms in total. The van der Waals surface area contributed by atoms with Crippen LogP contribution in [-0.4, -0.2) is 8.80 Å². The SMILES string of the molecule is C=Cc1c(/C=C(\C)N(c2ccc(-c3cccc4ccccc34)cc2)c2ccc(C3CC=Cc4ccccc43)cc2)n2c3ccccc3c3c4c(n1c32)C=CCC4. The first-order chi connectivity index (χ1) is 27.7. The Morgan fingerprint density at radius 1 is 0.696 bits per heavy atom. The summed E-state index contributed by atoms with van der Waals surface area (Å²) < 4.78 is 4.91. The molecule has 6 aromatic carbocycles. The van der Waals surface area contributed by atoms with Gasteiger partial charge in [0.2, 0.25) is 0 Å². The van der Waals surface area contributed by atoms with Crippen molar-refractivity contribution in [1.29, 1.82) is 0 Å². The number of fused-ring (bicyclic) bond motifs is 8. The van der Waals surface area contributed by atoms with Gasteiger partial charge in [0.1, 0.15) is 5.65 Å². The second-order valence-corrected chi connectivity index (χ2v) is 15.3. The molecule has 0 N–H and O–H groups in total. The third-order valence-electron chi connectivity index (χ3n) is 12.2. The third kappa shape index (κ3) is 4.90. The van der Waals surface area contributed by atoms with Gasteiger partial charge in [-0.05, 0) is 119 Å². The highest BCUT2D eigenvalue weighted by Gasteiger charge is 2.28. The van der Waals surface area contributed by atoms with Crippen molar-refractivity contribution in [3.8, 4) is 11.1 Å². The fourth-order valence-electron chi connectivity index (χ4n) is 9.71. The molecule has 0 bridgehead atoms. The second-order valence-electron chi connectivity index (χ2n) is 15.3. The van der Waals surface area contributed by atoms with Crippen molar-refractivity contribution in [1.82, 2.24) is 8.80 Å². The number of aryl methyl sites for hydroxylation is 1. The highest BCUT2D eigenvalue weighted by Crippen LogP contribution is 2.43. The van der Waals surface area contributed by atoms with E-state index in [4.69, 9.17) is 0 Å². The summed E-state index contributed by atoms with van der Waals surface area (Å²) in [5.74, 6) is 0.341. The van der Waals surface area contributed by atoms with E-state index in [1.807, 2.05) is 6.08 Å². The Balaban J connectivity index is 1.08. The van der Waals surface area contributed by atoms with Crippen molar-refractivity contribution in [2.75, 3.05) is 4.90 Å². The zero-order valence-electron chi connectivity index (χ0n) is 31.5. The average Bonchev–Trinajstić information content (AvgIpc) is 3.88. The van der Waals surface area contributed by atoms with Crippen molar-refractivity contribution in [3.63, 3.8) is 0 Å². The molecule has 0 aliphatic heterocycles. The maximum Gasteiger partial charge on any atom is 0.131 e. The minimum Gasteiger partial charge on any atom is -0.314 e. The maximum atomic E-state index is 4.39. The summed E-state index contributed by atoms with van der Waals surface area (Å²) in [6.07, 6.45) is 16.7. The fourth-order valence-corrected chi connectivity index (χ4v) is 9.71. The van der Waals surface area contributed by atoms with Crippen LogP contribution in [0.1, 0.15) is 65.0 Å². The van der Waals surface area contributed by atoms with Crippen LogP contribution in [0.5, 0.6) is 0 Å². The Hall–Kier alpha value is -6.84. The quantitative estimate of drug-likeness (QED) is 0.160. The highest BCUT2D eigenvalue weighted by atomic mass is 15.2. The van der Waals surface area contributed by atoms with Gasteiger partial charge in [-0.2, -0.15) is 0 Å². The molecule has 0 saturated heterocycles. The van der Waals surface area contributed by atoms with E-state index in [-0.39, 0.29) is 0 Å². The van der Waals surface area contributed by atoms with Crippen LogP contribution in [0.15, 0.2) is 164 Å². The Labute approximate surface area is 327 Å². The number of allylic oxidation sites excluding steroid dienone is 3. The molecule has 3 aromatic heterocycles. The van der Waals surface area contributed by atoms with Crippen LogP contribution < -0.4 is 4.90 Å². The summed E-state index contributed by atoms with van der Waals surface area (Å²) in [5, 5.41) is 5.20. The molecule has 3 heterocycles. The van der Waals surface area contributed by atoms with Crippen LogP contribution in [-0.2, 0) is 6.42 Å². The van der Waals surface area contributed by atoms with Crippen molar-refractivity contribution >= 4 is 68.4 Å². The largest absolute Gasteiger partial charge is 0.314 e. The summed E-state index contributed by atoms with van der Waals surface area (Å²) >= 11 is 0. The lowest BCUT2D eigenvalue weighted by atomic mass is 9.82. The number of benzene rings is 6. The van der Waals surface area contributed by atoms with Gasteiger partial charge in [-0.1, -0.05) is 134 Å². The van der Waals surface area contributed by atoms with Crippen molar-refractivity contribution in [3.05, 3.63) is 203 Å². The molecule has 0 radical (unpaired) electrons. The molecule has 0 fully saturated rings. The van der Waals surface area contributed by atoms with Gasteiger partial charge >= 0.3 is 0 Å². The van der Waals surface area contributed by atoms with Gasteiger partial charge < -0.3 is 4.90 Å². The molecule has 2 aliphatic rings. The number of aromatic nitrogens is 2. The zero-order chi connectivity index (χ0) is 37.3. The number of para-hydroxylation sites is 1. The smallest absolute Gasteiger partial charge is 0.131 e. The van der Waals surface area contributed by atoms with Gasteiger partial charge in [0, 0.05) is 33.8 Å². The molecule has 0 saturated carbocycles. The Morgan fingerprint density at radius 2 is 1.43 bits per heavy atom. The monoisotopic (exact) mass is 719 g/mol. The first-order valence-corrected chi connectivity index (χ1v) is 19.8. The van der Waals surface area contributed by atoms with Gasteiger partial charge in [-0.15, -0.1) is 0 Å². The first-order valence-electron chi connectivity index (χ1n) is 19.8. The lowest BCUT2D eigenvalue weighted by molar-refractivity contribution is 0.819. The molecule has 9 aromatic rings. The van der Waals surface area contributed by atoms with Crippen LogP contribution in [0, 0.1) is 0 Å². The summed E-state index contributed by atoms with van der Waals surface area (Å²) in [6.45, 7) is 6.63. The molecular formula is C53H41N3. The lowest BCUT2D eigenvalue weighted by Gasteiger charge is -2.28. The molecule has 2 aliphatic carbocycles. The van der Waals surface area contributed by atoms with Crippen molar-refractivity contribution in [2.24, 2.45) is 0 Å². The average molecular weight is 720 g/mol. The van der Waals surface area contributed by atoms with Crippen LogP contribution >= 0.6 is 0 Å². The molecule has 0 amide bonds. The third-order valence-corrected chi connectivity index (χ3v) is 12.2. The normalized spacial score (nSPS) is 15.2. The van der Waals surface area contributed by atoms with Crippen molar-refractivity contribution < 1.29 is 0 Å². The van der Waals surface area contributed by atoms with E-state index in [0.29, 0.717) is 5.92 Å². The Bertz CT molecular complexity index is 3070. The molecule has 56 heavy (non-hydrogen) atoms. The Kier molecular flexibility index (Phi) is 7.50.